The number of pyridine rings is 1. The smallest absolute Gasteiger partial charge is 0.264 e. The van der Waals surface area contributed by atoms with Crippen molar-refractivity contribution in [1.82, 2.24) is 4.98 Å². The molecule has 0 spiro atoms. The molecule has 0 aliphatic carbocycles. The van der Waals surface area contributed by atoms with Crippen molar-refractivity contribution in [2.24, 2.45) is 0 Å². The van der Waals surface area contributed by atoms with Crippen LogP contribution in [0.3, 0.4) is 0 Å². The minimum atomic E-state index is -3.71. The maximum absolute atomic E-state index is 13.1. The molecule has 0 atom stereocenters. The van der Waals surface area contributed by atoms with Gasteiger partial charge in [-0.1, -0.05) is 30.3 Å². The minimum absolute atomic E-state index is 0.157. The van der Waals surface area contributed by atoms with E-state index in [0.29, 0.717) is 24.6 Å². The number of sulfonamides is 1. The number of nitrogens with zero attached hydrogens (tertiary/aromatic N) is 2. The van der Waals surface area contributed by atoms with Crippen molar-refractivity contribution in [3.05, 3.63) is 91.8 Å². The van der Waals surface area contributed by atoms with E-state index in [-0.39, 0.29) is 11.4 Å². The van der Waals surface area contributed by atoms with Crippen LogP contribution in [0.5, 0.6) is 5.75 Å². The molecule has 150 valence electrons. The van der Waals surface area contributed by atoms with Crippen molar-refractivity contribution in [2.75, 3.05) is 29.3 Å². The first-order valence-electron chi connectivity index (χ1n) is 9.17. The number of nitrogens with one attached hydrogen (secondary N) is 1. The molecule has 0 saturated carbocycles. The highest BCUT2D eigenvalue weighted by atomic mass is 32.2. The van der Waals surface area contributed by atoms with Crippen molar-refractivity contribution in [3.63, 3.8) is 0 Å². The Hall–Kier alpha value is -3.32. The average molecular weight is 410 g/mol. The Morgan fingerprint density at radius 3 is 2.52 bits per heavy atom. The molecule has 0 aliphatic rings. The molecule has 2 aromatic carbocycles. The maximum atomic E-state index is 13.1. The van der Waals surface area contributed by atoms with Gasteiger partial charge in [0.25, 0.3) is 10.0 Å². The lowest BCUT2D eigenvalue weighted by atomic mass is 10.3. The first-order valence-corrected chi connectivity index (χ1v) is 10.6. The monoisotopic (exact) mass is 409 g/mol. The number of benzene rings is 2. The van der Waals surface area contributed by atoms with Gasteiger partial charge in [0, 0.05) is 30.7 Å². The van der Waals surface area contributed by atoms with E-state index >= 15 is 0 Å². The molecule has 0 amide bonds. The summed E-state index contributed by atoms with van der Waals surface area (Å²) in [5.41, 5.74) is 1.48. The molecular formula is C22H23N3O3S. The van der Waals surface area contributed by atoms with E-state index in [0.717, 1.165) is 5.69 Å². The normalized spacial score (nSPS) is 10.9. The molecule has 0 unspecified atom stereocenters. The molecule has 0 fully saturated rings. The Morgan fingerprint density at radius 2 is 1.79 bits per heavy atom. The lowest BCUT2D eigenvalue weighted by molar-refractivity contribution is 0.333. The first-order chi connectivity index (χ1) is 14.1. The summed E-state index contributed by atoms with van der Waals surface area (Å²) in [5, 5.41) is 3.23. The Bertz CT molecular complexity index is 1030. The summed E-state index contributed by atoms with van der Waals surface area (Å²) >= 11 is 0. The van der Waals surface area contributed by atoms with Gasteiger partial charge in [0.15, 0.2) is 0 Å². The van der Waals surface area contributed by atoms with Crippen LogP contribution >= 0.6 is 0 Å². The number of hydrogen-bond acceptors (Lipinski definition) is 5. The zero-order chi connectivity index (χ0) is 20.5. The van der Waals surface area contributed by atoms with E-state index in [1.165, 1.54) is 4.31 Å². The fourth-order valence-corrected chi connectivity index (χ4v) is 4.19. The van der Waals surface area contributed by atoms with E-state index in [1.807, 2.05) is 12.1 Å². The average Bonchev–Trinajstić information content (AvgIpc) is 2.76. The lowest BCUT2D eigenvalue weighted by Crippen LogP contribution is -2.31. The SMILES string of the molecule is C=CCN(c1cccc(OCCNc2ccncc2)c1)S(=O)(=O)c1ccccc1. The summed E-state index contributed by atoms with van der Waals surface area (Å²) in [5.74, 6) is 0.594. The van der Waals surface area contributed by atoms with E-state index in [2.05, 4.69) is 16.9 Å². The van der Waals surface area contributed by atoms with Crippen molar-refractivity contribution in [2.45, 2.75) is 4.90 Å². The van der Waals surface area contributed by atoms with Crippen LogP contribution in [0.2, 0.25) is 0 Å². The Labute approximate surface area is 171 Å². The quantitative estimate of drug-likeness (QED) is 0.405. The van der Waals surface area contributed by atoms with E-state index < -0.39 is 10.0 Å². The first kappa shape index (κ1) is 20.4. The molecule has 3 aromatic rings. The van der Waals surface area contributed by atoms with Gasteiger partial charge in [-0.15, -0.1) is 6.58 Å². The zero-order valence-corrected chi connectivity index (χ0v) is 16.8. The largest absolute Gasteiger partial charge is 0.492 e. The molecule has 0 aliphatic heterocycles. The van der Waals surface area contributed by atoms with Gasteiger partial charge in [0.05, 0.1) is 17.1 Å². The van der Waals surface area contributed by atoms with Crippen LogP contribution in [0.25, 0.3) is 0 Å². The highest BCUT2D eigenvalue weighted by Crippen LogP contribution is 2.27. The van der Waals surface area contributed by atoms with Crippen LogP contribution < -0.4 is 14.4 Å². The highest BCUT2D eigenvalue weighted by molar-refractivity contribution is 7.92. The number of anilines is 2. The number of ether oxygens (including phenoxy) is 1. The Balaban J connectivity index is 1.71. The predicted molar refractivity (Wildman–Crippen MR) is 116 cm³/mol. The van der Waals surface area contributed by atoms with Crippen molar-refractivity contribution >= 4 is 21.4 Å². The van der Waals surface area contributed by atoms with Crippen molar-refractivity contribution in [1.29, 1.82) is 0 Å². The van der Waals surface area contributed by atoms with Crippen LogP contribution in [0.4, 0.5) is 11.4 Å². The standard InChI is InChI=1S/C22H23N3O3S/c1-2-16-25(29(26,27)22-9-4-3-5-10-22)20-7-6-8-21(18-20)28-17-15-24-19-11-13-23-14-12-19/h2-14,18H,1,15-17H2,(H,23,24). The Kier molecular flexibility index (Phi) is 6.86. The zero-order valence-electron chi connectivity index (χ0n) is 15.9. The second kappa shape index (κ2) is 9.75. The van der Waals surface area contributed by atoms with Gasteiger partial charge in [-0.3, -0.25) is 9.29 Å². The molecule has 0 bridgehead atoms. The highest BCUT2D eigenvalue weighted by Gasteiger charge is 2.24. The molecule has 7 heteroatoms. The molecule has 3 rings (SSSR count). The van der Waals surface area contributed by atoms with Crippen LogP contribution in [0.15, 0.2) is 96.7 Å². The third kappa shape index (κ3) is 5.36. The van der Waals surface area contributed by atoms with Gasteiger partial charge >= 0.3 is 0 Å². The second-order valence-electron chi connectivity index (χ2n) is 6.15. The molecule has 0 saturated heterocycles. The number of rotatable bonds is 10. The van der Waals surface area contributed by atoms with Gasteiger partial charge < -0.3 is 10.1 Å². The van der Waals surface area contributed by atoms with Crippen molar-refractivity contribution < 1.29 is 13.2 Å². The van der Waals surface area contributed by atoms with Crippen LogP contribution in [-0.4, -0.2) is 33.1 Å². The van der Waals surface area contributed by atoms with E-state index in [1.54, 1.807) is 73.1 Å². The summed E-state index contributed by atoms with van der Waals surface area (Å²) in [6.07, 6.45) is 4.99. The summed E-state index contributed by atoms with van der Waals surface area (Å²) in [4.78, 5) is 4.20. The summed E-state index contributed by atoms with van der Waals surface area (Å²) < 4.78 is 33.3. The minimum Gasteiger partial charge on any atom is -0.492 e. The molecular weight excluding hydrogens is 386 g/mol. The molecule has 6 nitrogen and oxygen atoms in total. The molecule has 29 heavy (non-hydrogen) atoms. The van der Waals surface area contributed by atoms with Gasteiger partial charge in [-0.25, -0.2) is 8.42 Å². The topological polar surface area (TPSA) is 71.5 Å². The molecule has 1 N–H and O–H groups in total. The third-order valence-corrected chi connectivity index (χ3v) is 5.92. The molecule has 0 radical (unpaired) electrons. The van der Waals surface area contributed by atoms with Crippen LogP contribution in [-0.2, 0) is 10.0 Å². The van der Waals surface area contributed by atoms with Crippen LogP contribution in [0, 0.1) is 0 Å². The van der Waals surface area contributed by atoms with E-state index in [9.17, 15) is 8.42 Å². The van der Waals surface area contributed by atoms with Gasteiger partial charge in [-0.2, -0.15) is 0 Å². The maximum Gasteiger partial charge on any atom is 0.264 e. The fraction of sp³-hybridized carbons (Fsp3) is 0.136. The summed E-state index contributed by atoms with van der Waals surface area (Å²) in [6, 6.07) is 19.1. The van der Waals surface area contributed by atoms with E-state index in [4.69, 9.17) is 4.74 Å². The molecule has 1 aromatic heterocycles. The van der Waals surface area contributed by atoms with Gasteiger partial charge in [-0.05, 0) is 36.4 Å². The predicted octanol–water partition coefficient (Wildman–Crippen LogP) is 3.95. The van der Waals surface area contributed by atoms with Crippen molar-refractivity contribution in [3.8, 4) is 5.75 Å². The second-order valence-corrected chi connectivity index (χ2v) is 8.01. The number of aromatic nitrogens is 1. The van der Waals surface area contributed by atoms with Gasteiger partial charge in [0.1, 0.15) is 12.4 Å². The van der Waals surface area contributed by atoms with Crippen LogP contribution in [0.1, 0.15) is 0 Å². The third-order valence-electron chi connectivity index (χ3n) is 4.11. The van der Waals surface area contributed by atoms with Gasteiger partial charge in [0.2, 0.25) is 0 Å². The summed E-state index contributed by atoms with van der Waals surface area (Å²) in [7, 11) is -3.71. The summed E-state index contributed by atoms with van der Waals surface area (Å²) in [6.45, 7) is 4.89. The lowest BCUT2D eigenvalue weighted by Gasteiger charge is -2.23. The molecule has 1 heterocycles. The Morgan fingerprint density at radius 1 is 1.03 bits per heavy atom. The number of hydrogen-bond donors (Lipinski definition) is 1. The fourth-order valence-electron chi connectivity index (χ4n) is 2.74.